The van der Waals surface area contributed by atoms with E-state index in [1.807, 2.05) is 67.6 Å². The summed E-state index contributed by atoms with van der Waals surface area (Å²) in [6.45, 7) is 1.91. The van der Waals surface area contributed by atoms with Crippen molar-refractivity contribution in [2.45, 2.75) is 19.8 Å². The predicted molar refractivity (Wildman–Crippen MR) is 98.2 cm³/mol. The van der Waals surface area contributed by atoms with Gasteiger partial charge in [-0.1, -0.05) is 30.3 Å². The number of anilines is 1. The smallest absolute Gasteiger partial charge is 0.225 e. The fourth-order valence-corrected chi connectivity index (χ4v) is 2.61. The maximum absolute atomic E-state index is 12.3. The van der Waals surface area contributed by atoms with Gasteiger partial charge in [-0.25, -0.2) is 4.68 Å². The Balaban J connectivity index is 1.65. The first kappa shape index (κ1) is 16.8. The molecule has 0 saturated heterocycles. The standard InChI is InChI=1S/C20H21N3O2/c1-15-14-19(23(22-15)17-6-4-3-5-7-17)21-20(24)13-10-16-8-11-18(25-2)12-9-16/h3-9,11-12,14H,10,13H2,1-2H3,(H,21,24). The van der Waals surface area contributed by atoms with Crippen LogP contribution in [0.1, 0.15) is 17.7 Å². The van der Waals surface area contributed by atoms with Crippen molar-refractivity contribution in [3.63, 3.8) is 0 Å². The van der Waals surface area contributed by atoms with Crippen molar-refractivity contribution in [2.24, 2.45) is 0 Å². The van der Waals surface area contributed by atoms with Crippen LogP contribution in [0.15, 0.2) is 60.7 Å². The van der Waals surface area contributed by atoms with Gasteiger partial charge in [0, 0.05) is 12.5 Å². The van der Waals surface area contributed by atoms with E-state index in [0.717, 1.165) is 22.7 Å². The lowest BCUT2D eigenvalue weighted by molar-refractivity contribution is -0.116. The molecule has 0 atom stereocenters. The van der Waals surface area contributed by atoms with Crippen LogP contribution in [0, 0.1) is 6.92 Å². The molecule has 3 rings (SSSR count). The molecule has 0 aliphatic heterocycles. The first-order chi connectivity index (χ1) is 12.2. The molecule has 0 saturated carbocycles. The molecule has 1 heterocycles. The van der Waals surface area contributed by atoms with Crippen molar-refractivity contribution in [1.82, 2.24) is 9.78 Å². The number of amides is 1. The number of benzene rings is 2. The van der Waals surface area contributed by atoms with E-state index in [0.29, 0.717) is 18.7 Å². The molecule has 1 aromatic heterocycles. The van der Waals surface area contributed by atoms with E-state index in [-0.39, 0.29) is 5.91 Å². The third kappa shape index (κ3) is 4.26. The fourth-order valence-electron chi connectivity index (χ4n) is 2.61. The maximum Gasteiger partial charge on any atom is 0.225 e. The molecule has 1 amide bonds. The van der Waals surface area contributed by atoms with Crippen LogP contribution in [-0.2, 0) is 11.2 Å². The first-order valence-electron chi connectivity index (χ1n) is 8.20. The second-order valence-corrected chi connectivity index (χ2v) is 5.81. The van der Waals surface area contributed by atoms with Crippen molar-refractivity contribution in [3.05, 3.63) is 71.9 Å². The minimum absolute atomic E-state index is 0.0344. The Morgan fingerprint density at radius 1 is 1.12 bits per heavy atom. The number of hydrogen-bond acceptors (Lipinski definition) is 3. The van der Waals surface area contributed by atoms with Crippen molar-refractivity contribution in [3.8, 4) is 11.4 Å². The molecule has 1 N–H and O–H groups in total. The molecule has 0 radical (unpaired) electrons. The molecule has 0 spiro atoms. The third-order valence-corrected chi connectivity index (χ3v) is 3.90. The van der Waals surface area contributed by atoms with E-state index in [1.54, 1.807) is 11.8 Å². The second-order valence-electron chi connectivity index (χ2n) is 5.81. The number of carbonyl (C=O) groups excluding carboxylic acids is 1. The van der Waals surface area contributed by atoms with E-state index >= 15 is 0 Å². The number of nitrogens with zero attached hydrogens (tertiary/aromatic N) is 2. The number of rotatable bonds is 6. The number of carbonyl (C=O) groups is 1. The lowest BCUT2D eigenvalue weighted by Crippen LogP contribution is -2.15. The minimum Gasteiger partial charge on any atom is -0.497 e. The fraction of sp³-hybridized carbons (Fsp3) is 0.200. The summed E-state index contributed by atoms with van der Waals surface area (Å²) in [5.74, 6) is 1.46. The highest BCUT2D eigenvalue weighted by Gasteiger charge is 2.11. The average Bonchev–Trinajstić information content (AvgIpc) is 3.01. The van der Waals surface area contributed by atoms with Crippen LogP contribution in [0.3, 0.4) is 0 Å². The number of methoxy groups -OCH3 is 1. The zero-order chi connectivity index (χ0) is 17.6. The molecule has 0 aliphatic carbocycles. The Morgan fingerprint density at radius 3 is 2.52 bits per heavy atom. The molecule has 0 aliphatic rings. The molecular weight excluding hydrogens is 314 g/mol. The summed E-state index contributed by atoms with van der Waals surface area (Å²) < 4.78 is 6.89. The number of ether oxygens (including phenoxy) is 1. The summed E-state index contributed by atoms with van der Waals surface area (Å²) in [5, 5.41) is 7.42. The topological polar surface area (TPSA) is 56.1 Å². The molecule has 0 fully saturated rings. The van der Waals surface area contributed by atoms with Gasteiger partial charge >= 0.3 is 0 Å². The normalized spacial score (nSPS) is 10.5. The summed E-state index contributed by atoms with van der Waals surface area (Å²) in [7, 11) is 1.64. The van der Waals surface area contributed by atoms with Crippen LogP contribution in [0.2, 0.25) is 0 Å². The maximum atomic E-state index is 12.3. The van der Waals surface area contributed by atoms with Crippen molar-refractivity contribution in [1.29, 1.82) is 0 Å². The van der Waals surface area contributed by atoms with E-state index in [9.17, 15) is 4.79 Å². The zero-order valence-corrected chi connectivity index (χ0v) is 14.4. The minimum atomic E-state index is -0.0344. The Morgan fingerprint density at radius 2 is 1.84 bits per heavy atom. The first-order valence-corrected chi connectivity index (χ1v) is 8.20. The quantitative estimate of drug-likeness (QED) is 0.746. The Hall–Kier alpha value is -3.08. The molecule has 5 heteroatoms. The Labute approximate surface area is 147 Å². The second kappa shape index (κ2) is 7.66. The van der Waals surface area contributed by atoms with Gasteiger partial charge in [0.1, 0.15) is 11.6 Å². The van der Waals surface area contributed by atoms with E-state index < -0.39 is 0 Å². The summed E-state index contributed by atoms with van der Waals surface area (Å²) >= 11 is 0. The molecule has 2 aromatic carbocycles. The third-order valence-electron chi connectivity index (χ3n) is 3.90. The summed E-state index contributed by atoms with van der Waals surface area (Å²) in [6, 6.07) is 19.4. The van der Waals surface area contributed by atoms with Crippen LogP contribution >= 0.6 is 0 Å². The lowest BCUT2D eigenvalue weighted by Gasteiger charge is -2.09. The molecule has 128 valence electrons. The summed E-state index contributed by atoms with van der Waals surface area (Å²) in [4.78, 5) is 12.3. The van der Waals surface area contributed by atoms with Crippen LogP contribution in [0.25, 0.3) is 5.69 Å². The van der Waals surface area contributed by atoms with E-state index in [1.165, 1.54) is 0 Å². The van der Waals surface area contributed by atoms with Crippen molar-refractivity contribution < 1.29 is 9.53 Å². The van der Waals surface area contributed by atoms with Gasteiger partial charge in [-0.2, -0.15) is 5.10 Å². The molecule has 0 bridgehead atoms. The highest BCUT2D eigenvalue weighted by molar-refractivity contribution is 5.90. The number of nitrogens with one attached hydrogen (secondary N) is 1. The van der Waals surface area contributed by atoms with Gasteiger partial charge in [-0.05, 0) is 43.2 Å². The Kier molecular flexibility index (Phi) is 5.14. The average molecular weight is 335 g/mol. The SMILES string of the molecule is COc1ccc(CCC(=O)Nc2cc(C)nn2-c2ccccc2)cc1. The molecule has 0 unspecified atom stereocenters. The van der Waals surface area contributed by atoms with E-state index in [4.69, 9.17) is 4.74 Å². The molecular formula is C20H21N3O2. The summed E-state index contributed by atoms with van der Waals surface area (Å²) in [6.07, 6.45) is 1.08. The van der Waals surface area contributed by atoms with Gasteiger partial charge in [-0.3, -0.25) is 4.79 Å². The van der Waals surface area contributed by atoms with Gasteiger partial charge in [0.25, 0.3) is 0 Å². The molecule has 25 heavy (non-hydrogen) atoms. The highest BCUT2D eigenvalue weighted by Crippen LogP contribution is 2.18. The Bertz CT molecular complexity index is 839. The van der Waals surface area contributed by atoms with Gasteiger partial charge in [0.05, 0.1) is 18.5 Å². The van der Waals surface area contributed by atoms with Crippen LogP contribution in [0.5, 0.6) is 5.75 Å². The van der Waals surface area contributed by atoms with Crippen LogP contribution < -0.4 is 10.1 Å². The molecule has 3 aromatic rings. The van der Waals surface area contributed by atoms with Gasteiger partial charge in [0.15, 0.2) is 0 Å². The summed E-state index contributed by atoms with van der Waals surface area (Å²) in [5.41, 5.74) is 2.87. The van der Waals surface area contributed by atoms with E-state index in [2.05, 4.69) is 10.4 Å². The van der Waals surface area contributed by atoms with Crippen molar-refractivity contribution >= 4 is 11.7 Å². The van der Waals surface area contributed by atoms with Crippen molar-refractivity contribution in [2.75, 3.05) is 12.4 Å². The number of hydrogen-bond donors (Lipinski definition) is 1. The van der Waals surface area contributed by atoms with Crippen LogP contribution in [-0.4, -0.2) is 22.8 Å². The van der Waals surface area contributed by atoms with Gasteiger partial charge in [0.2, 0.25) is 5.91 Å². The number of aryl methyl sites for hydroxylation is 2. The highest BCUT2D eigenvalue weighted by atomic mass is 16.5. The number of para-hydroxylation sites is 1. The zero-order valence-electron chi connectivity index (χ0n) is 14.4. The predicted octanol–water partition coefficient (Wildman–Crippen LogP) is 3.76. The number of aromatic nitrogens is 2. The lowest BCUT2D eigenvalue weighted by atomic mass is 10.1. The largest absolute Gasteiger partial charge is 0.497 e. The molecule has 5 nitrogen and oxygen atoms in total. The van der Waals surface area contributed by atoms with Crippen LogP contribution in [0.4, 0.5) is 5.82 Å². The van der Waals surface area contributed by atoms with Gasteiger partial charge < -0.3 is 10.1 Å². The monoisotopic (exact) mass is 335 g/mol. The van der Waals surface area contributed by atoms with Gasteiger partial charge in [-0.15, -0.1) is 0 Å².